The largest absolute Gasteiger partial charge is 0.309 e. The number of nitrogens with one attached hydrogen (secondary N) is 1. The molecule has 1 aromatic carbocycles. The number of benzene rings is 1. The topological polar surface area (TPSA) is 12.0 Å². The van der Waals surface area contributed by atoms with Gasteiger partial charge in [-0.25, -0.2) is 0 Å². The standard InChI is InChI=1S/C11H13Cl2N/c12-6-1-7-14-9-11-4-2-10(8-13)3-5-11/h1-6,14H,7-9H2/b6-1+. The molecule has 0 unspecified atom stereocenters. The van der Waals surface area contributed by atoms with Crippen molar-refractivity contribution in [1.82, 2.24) is 5.32 Å². The second kappa shape index (κ2) is 6.88. The van der Waals surface area contributed by atoms with Crippen LogP contribution >= 0.6 is 23.2 Å². The van der Waals surface area contributed by atoms with E-state index in [-0.39, 0.29) is 0 Å². The lowest BCUT2D eigenvalue weighted by Gasteiger charge is -2.02. The summed E-state index contributed by atoms with van der Waals surface area (Å²) in [5.41, 5.74) is 3.92. The number of hydrogen-bond acceptors (Lipinski definition) is 1. The van der Waals surface area contributed by atoms with Gasteiger partial charge in [-0.3, -0.25) is 0 Å². The van der Waals surface area contributed by atoms with Gasteiger partial charge < -0.3 is 5.32 Å². The van der Waals surface area contributed by atoms with Crippen molar-refractivity contribution >= 4 is 23.2 Å². The van der Waals surface area contributed by atoms with Crippen LogP contribution in [-0.4, -0.2) is 6.54 Å². The van der Waals surface area contributed by atoms with Gasteiger partial charge in [0.1, 0.15) is 0 Å². The van der Waals surface area contributed by atoms with Crippen LogP contribution in [0.4, 0.5) is 0 Å². The third-order valence-corrected chi connectivity index (χ3v) is 2.34. The molecular weight excluding hydrogens is 217 g/mol. The van der Waals surface area contributed by atoms with Gasteiger partial charge in [-0.2, -0.15) is 0 Å². The molecule has 1 aromatic rings. The minimum absolute atomic E-state index is 0.572. The number of hydrogen-bond donors (Lipinski definition) is 1. The maximum absolute atomic E-state index is 5.69. The van der Waals surface area contributed by atoms with Crippen LogP contribution in [0.5, 0.6) is 0 Å². The molecule has 0 atom stereocenters. The van der Waals surface area contributed by atoms with Crippen molar-refractivity contribution in [2.24, 2.45) is 0 Å². The number of alkyl halides is 1. The Hall–Kier alpha value is -0.500. The Morgan fingerprint density at radius 3 is 2.36 bits per heavy atom. The van der Waals surface area contributed by atoms with Crippen LogP contribution in [0.2, 0.25) is 0 Å². The van der Waals surface area contributed by atoms with E-state index in [4.69, 9.17) is 23.2 Å². The fourth-order valence-corrected chi connectivity index (χ4v) is 1.36. The Morgan fingerprint density at radius 2 is 1.79 bits per heavy atom. The molecule has 0 amide bonds. The number of halogens is 2. The Morgan fingerprint density at radius 1 is 1.14 bits per heavy atom. The molecule has 0 fully saturated rings. The number of rotatable bonds is 5. The summed E-state index contributed by atoms with van der Waals surface area (Å²) in [5.74, 6) is 0.572. The monoisotopic (exact) mass is 229 g/mol. The van der Waals surface area contributed by atoms with Gasteiger partial charge in [0, 0.05) is 24.5 Å². The van der Waals surface area contributed by atoms with E-state index >= 15 is 0 Å². The molecule has 0 saturated heterocycles. The highest BCUT2D eigenvalue weighted by Crippen LogP contribution is 2.06. The molecule has 0 aliphatic rings. The van der Waals surface area contributed by atoms with Gasteiger partial charge in [0.2, 0.25) is 0 Å². The predicted octanol–water partition coefficient (Wildman–Crippen LogP) is 3.27. The third-order valence-electron chi connectivity index (χ3n) is 1.86. The first-order valence-electron chi connectivity index (χ1n) is 4.46. The van der Waals surface area contributed by atoms with Gasteiger partial charge >= 0.3 is 0 Å². The summed E-state index contributed by atoms with van der Waals surface area (Å²) in [4.78, 5) is 0. The molecule has 76 valence electrons. The van der Waals surface area contributed by atoms with Crippen LogP contribution in [0.3, 0.4) is 0 Å². The zero-order valence-electron chi connectivity index (χ0n) is 7.84. The van der Waals surface area contributed by atoms with Crippen molar-refractivity contribution < 1.29 is 0 Å². The second-order valence-electron chi connectivity index (χ2n) is 2.94. The molecule has 0 radical (unpaired) electrons. The second-order valence-corrected chi connectivity index (χ2v) is 3.46. The van der Waals surface area contributed by atoms with Gasteiger partial charge in [-0.15, -0.1) is 11.6 Å². The van der Waals surface area contributed by atoms with E-state index in [0.717, 1.165) is 18.7 Å². The molecule has 0 bridgehead atoms. The minimum atomic E-state index is 0.572. The molecule has 0 aliphatic carbocycles. The first kappa shape index (κ1) is 11.6. The first-order chi connectivity index (χ1) is 6.86. The summed E-state index contributed by atoms with van der Waals surface area (Å²) in [6.45, 7) is 1.64. The molecule has 3 heteroatoms. The van der Waals surface area contributed by atoms with E-state index in [1.54, 1.807) is 0 Å². The maximum Gasteiger partial charge on any atom is 0.0474 e. The average molecular weight is 230 g/mol. The zero-order valence-corrected chi connectivity index (χ0v) is 9.35. The van der Waals surface area contributed by atoms with Crippen molar-refractivity contribution in [2.75, 3.05) is 6.54 Å². The SMILES string of the molecule is Cl/C=C/CNCc1ccc(CCl)cc1. The molecule has 0 saturated carbocycles. The molecule has 0 heterocycles. The highest BCUT2D eigenvalue weighted by atomic mass is 35.5. The van der Waals surface area contributed by atoms with Gasteiger partial charge in [0.25, 0.3) is 0 Å². The quantitative estimate of drug-likeness (QED) is 0.604. The molecular formula is C11H13Cl2N. The highest BCUT2D eigenvalue weighted by Gasteiger charge is 1.92. The van der Waals surface area contributed by atoms with Crippen molar-refractivity contribution in [2.45, 2.75) is 12.4 Å². The lowest BCUT2D eigenvalue weighted by atomic mass is 10.1. The van der Waals surface area contributed by atoms with Crippen molar-refractivity contribution in [3.8, 4) is 0 Å². The van der Waals surface area contributed by atoms with Gasteiger partial charge in [0.05, 0.1) is 0 Å². The molecule has 1 rings (SSSR count). The van der Waals surface area contributed by atoms with E-state index in [1.807, 2.05) is 18.2 Å². The minimum Gasteiger partial charge on any atom is -0.309 e. The molecule has 14 heavy (non-hydrogen) atoms. The lowest BCUT2D eigenvalue weighted by molar-refractivity contribution is 0.760. The van der Waals surface area contributed by atoms with Crippen LogP contribution < -0.4 is 5.32 Å². The summed E-state index contributed by atoms with van der Waals surface area (Å²) < 4.78 is 0. The Kier molecular flexibility index (Phi) is 5.69. The van der Waals surface area contributed by atoms with E-state index < -0.39 is 0 Å². The Labute approximate surface area is 94.7 Å². The third kappa shape index (κ3) is 4.14. The van der Waals surface area contributed by atoms with E-state index in [0.29, 0.717) is 5.88 Å². The maximum atomic E-state index is 5.69. The molecule has 1 nitrogen and oxygen atoms in total. The molecule has 0 aliphatic heterocycles. The van der Waals surface area contributed by atoms with E-state index in [9.17, 15) is 0 Å². The fourth-order valence-electron chi connectivity index (χ4n) is 1.09. The van der Waals surface area contributed by atoms with Crippen molar-refractivity contribution in [3.63, 3.8) is 0 Å². The Bertz CT molecular complexity index is 280. The van der Waals surface area contributed by atoms with E-state index in [2.05, 4.69) is 17.4 Å². The first-order valence-corrected chi connectivity index (χ1v) is 5.43. The summed E-state index contributed by atoms with van der Waals surface area (Å²) in [7, 11) is 0. The van der Waals surface area contributed by atoms with Crippen LogP contribution in [0, 0.1) is 0 Å². The summed E-state index contributed by atoms with van der Waals surface area (Å²) in [6, 6.07) is 8.24. The van der Waals surface area contributed by atoms with E-state index in [1.165, 1.54) is 11.1 Å². The predicted molar refractivity (Wildman–Crippen MR) is 62.7 cm³/mol. The lowest BCUT2D eigenvalue weighted by Crippen LogP contribution is -2.12. The normalized spacial score (nSPS) is 11.0. The van der Waals surface area contributed by atoms with Crippen LogP contribution in [0.15, 0.2) is 35.9 Å². The Balaban J connectivity index is 2.36. The summed E-state index contributed by atoms with van der Waals surface area (Å²) in [6.07, 6.45) is 1.87. The zero-order chi connectivity index (χ0) is 10.2. The van der Waals surface area contributed by atoms with Crippen LogP contribution in [-0.2, 0) is 12.4 Å². The summed E-state index contributed by atoms with van der Waals surface area (Å²) in [5, 5.41) is 3.24. The van der Waals surface area contributed by atoms with Crippen LogP contribution in [0.1, 0.15) is 11.1 Å². The smallest absolute Gasteiger partial charge is 0.0474 e. The average Bonchev–Trinajstić information content (AvgIpc) is 2.25. The van der Waals surface area contributed by atoms with Gasteiger partial charge in [-0.05, 0) is 11.1 Å². The molecule has 0 aromatic heterocycles. The fraction of sp³-hybridized carbons (Fsp3) is 0.273. The van der Waals surface area contributed by atoms with Gasteiger partial charge in [-0.1, -0.05) is 41.9 Å². The molecule has 0 spiro atoms. The van der Waals surface area contributed by atoms with Gasteiger partial charge in [0.15, 0.2) is 0 Å². The van der Waals surface area contributed by atoms with Crippen molar-refractivity contribution in [3.05, 3.63) is 47.0 Å². The molecule has 1 N–H and O–H groups in total. The highest BCUT2D eigenvalue weighted by molar-refractivity contribution is 6.25. The van der Waals surface area contributed by atoms with Crippen LogP contribution in [0.25, 0.3) is 0 Å². The summed E-state index contributed by atoms with van der Waals surface area (Å²) >= 11 is 11.1. The van der Waals surface area contributed by atoms with Crippen molar-refractivity contribution in [1.29, 1.82) is 0 Å².